The number of nitrogens with one attached hydrogen (secondary N) is 1. The van der Waals surface area contributed by atoms with Crippen molar-refractivity contribution in [1.29, 1.82) is 5.26 Å². The highest BCUT2D eigenvalue weighted by Crippen LogP contribution is 2.26. The molecule has 3 rings (SSSR count). The predicted octanol–water partition coefficient (Wildman–Crippen LogP) is 3.85. The fourth-order valence-corrected chi connectivity index (χ4v) is 3.58. The molecule has 0 amide bonds. The Labute approximate surface area is 168 Å². The van der Waals surface area contributed by atoms with Crippen molar-refractivity contribution in [2.45, 2.75) is 38.7 Å². The molecule has 1 fully saturated rings. The number of benzene rings is 1. The molecule has 5 heteroatoms. The van der Waals surface area contributed by atoms with Crippen molar-refractivity contribution >= 4 is 0 Å². The highest BCUT2D eigenvalue weighted by atomic mass is 16.5. The topological polar surface area (TPSA) is 61.2 Å². The van der Waals surface area contributed by atoms with Gasteiger partial charge < -0.3 is 15.0 Å². The van der Waals surface area contributed by atoms with Crippen LogP contribution in [-0.4, -0.2) is 42.6 Å². The first-order chi connectivity index (χ1) is 13.8. The van der Waals surface area contributed by atoms with Crippen molar-refractivity contribution in [3.63, 3.8) is 0 Å². The van der Waals surface area contributed by atoms with E-state index in [1.165, 1.54) is 32.4 Å². The van der Waals surface area contributed by atoms with Gasteiger partial charge in [-0.15, -0.1) is 0 Å². The fraction of sp³-hybridized carbons (Fsp3) is 0.478. The summed E-state index contributed by atoms with van der Waals surface area (Å²) >= 11 is 0. The maximum atomic E-state index is 9.38. The highest BCUT2D eigenvalue weighted by molar-refractivity contribution is 5.39. The van der Waals surface area contributed by atoms with Crippen LogP contribution >= 0.6 is 0 Å². The number of aryl methyl sites for hydroxylation is 1. The normalized spacial score (nSPS) is 15.7. The van der Waals surface area contributed by atoms with E-state index in [1.54, 1.807) is 6.07 Å². The summed E-state index contributed by atoms with van der Waals surface area (Å²) in [5.41, 5.74) is 2.43. The van der Waals surface area contributed by atoms with Gasteiger partial charge in [-0.05, 0) is 57.1 Å². The molecule has 28 heavy (non-hydrogen) atoms. The van der Waals surface area contributed by atoms with Crippen LogP contribution < -0.4 is 10.1 Å². The Morgan fingerprint density at radius 3 is 2.64 bits per heavy atom. The first-order valence-electron chi connectivity index (χ1n) is 10.3. The van der Waals surface area contributed by atoms with Gasteiger partial charge in [0.05, 0.1) is 0 Å². The molecule has 1 aliphatic heterocycles. The van der Waals surface area contributed by atoms with Crippen molar-refractivity contribution < 1.29 is 4.74 Å². The zero-order valence-corrected chi connectivity index (χ0v) is 16.7. The van der Waals surface area contributed by atoms with E-state index in [0.29, 0.717) is 11.4 Å². The van der Waals surface area contributed by atoms with Crippen molar-refractivity contribution in [2.24, 2.45) is 0 Å². The number of nitrogens with zero attached hydrogens (tertiary/aromatic N) is 3. The van der Waals surface area contributed by atoms with Crippen LogP contribution in [0.5, 0.6) is 5.88 Å². The molecule has 0 aliphatic carbocycles. The zero-order valence-electron chi connectivity index (χ0n) is 16.7. The molecule has 0 unspecified atom stereocenters. The molecule has 0 radical (unpaired) electrons. The second-order valence-electron chi connectivity index (χ2n) is 7.38. The van der Waals surface area contributed by atoms with Gasteiger partial charge in [0, 0.05) is 25.2 Å². The maximum Gasteiger partial charge on any atom is 0.232 e. The SMILES string of the molecule is Cc1ccc(C#N)c(O[C@H](CCNCCN2CCCCC2)c2ccccc2)n1. The lowest BCUT2D eigenvalue weighted by Gasteiger charge is -2.26. The summed E-state index contributed by atoms with van der Waals surface area (Å²) in [4.78, 5) is 6.98. The van der Waals surface area contributed by atoms with Gasteiger partial charge in [-0.3, -0.25) is 0 Å². The monoisotopic (exact) mass is 378 g/mol. The fourth-order valence-electron chi connectivity index (χ4n) is 3.58. The molecule has 1 saturated heterocycles. The Balaban J connectivity index is 1.57. The third-order valence-corrected chi connectivity index (χ3v) is 5.18. The number of likely N-dealkylation sites (tertiary alicyclic amines) is 1. The largest absolute Gasteiger partial charge is 0.468 e. The van der Waals surface area contributed by atoms with E-state index < -0.39 is 0 Å². The number of hydrogen-bond acceptors (Lipinski definition) is 5. The molecular formula is C23H30N4O. The number of pyridine rings is 1. The maximum absolute atomic E-state index is 9.38. The summed E-state index contributed by atoms with van der Waals surface area (Å²) in [6.07, 6.45) is 4.72. The third-order valence-electron chi connectivity index (χ3n) is 5.18. The Morgan fingerprint density at radius 1 is 1.11 bits per heavy atom. The first kappa shape index (κ1) is 20.3. The van der Waals surface area contributed by atoms with Gasteiger partial charge in [-0.25, -0.2) is 4.98 Å². The van der Waals surface area contributed by atoms with Crippen LogP contribution in [0, 0.1) is 18.3 Å². The van der Waals surface area contributed by atoms with E-state index in [1.807, 2.05) is 31.2 Å². The van der Waals surface area contributed by atoms with Gasteiger partial charge in [-0.1, -0.05) is 36.8 Å². The number of piperidine rings is 1. The van der Waals surface area contributed by atoms with E-state index in [-0.39, 0.29) is 6.10 Å². The number of nitriles is 1. The Morgan fingerprint density at radius 2 is 1.89 bits per heavy atom. The summed E-state index contributed by atoms with van der Waals surface area (Å²) in [6.45, 7) is 7.33. The molecule has 0 bridgehead atoms. The average molecular weight is 379 g/mol. The molecule has 2 heterocycles. The van der Waals surface area contributed by atoms with Crippen molar-refractivity contribution in [3.05, 3.63) is 59.3 Å². The van der Waals surface area contributed by atoms with Gasteiger partial charge in [0.25, 0.3) is 0 Å². The lowest BCUT2D eigenvalue weighted by molar-refractivity contribution is 0.183. The van der Waals surface area contributed by atoms with Crippen LogP contribution in [0.15, 0.2) is 42.5 Å². The minimum absolute atomic E-state index is 0.134. The van der Waals surface area contributed by atoms with Crippen LogP contribution in [0.3, 0.4) is 0 Å². The minimum atomic E-state index is -0.134. The zero-order chi connectivity index (χ0) is 19.6. The van der Waals surface area contributed by atoms with Gasteiger partial charge in [-0.2, -0.15) is 5.26 Å². The van der Waals surface area contributed by atoms with E-state index in [0.717, 1.165) is 37.3 Å². The van der Waals surface area contributed by atoms with Crippen LogP contribution in [0.2, 0.25) is 0 Å². The smallest absolute Gasteiger partial charge is 0.232 e. The molecule has 2 aromatic rings. The molecule has 148 valence electrons. The molecule has 0 saturated carbocycles. The predicted molar refractivity (Wildman–Crippen MR) is 111 cm³/mol. The van der Waals surface area contributed by atoms with Crippen molar-refractivity contribution in [2.75, 3.05) is 32.7 Å². The second-order valence-corrected chi connectivity index (χ2v) is 7.38. The molecular weight excluding hydrogens is 348 g/mol. The summed E-state index contributed by atoms with van der Waals surface area (Å²) in [5, 5.41) is 12.9. The van der Waals surface area contributed by atoms with E-state index >= 15 is 0 Å². The first-order valence-corrected chi connectivity index (χ1v) is 10.3. The lowest BCUT2D eigenvalue weighted by atomic mass is 10.1. The third kappa shape index (κ3) is 6.05. The van der Waals surface area contributed by atoms with Crippen LogP contribution in [-0.2, 0) is 0 Å². The van der Waals surface area contributed by atoms with Gasteiger partial charge in [0.1, 0.15) is 17.7 Å². The average Bonchev–Trinajstić information content (AvgIpc) is 2.74. The van der Waals surface area contributed by atoms with Crippen LogP contribution in [0.1, 0.15) is 48.6 Å². The van der Waals surface area contributed by atoms with Crippen molar-refractivity contribution in [3.8, 4) is 11.9 Å². The number of ether oxygens (including phenoxy) is 1. The number of hydrogen-bond donors (Lipinski definition) is 1. The minimum Gasteiger partial charge on any atom is -0.468 e. The van der Waals surface area contributed by atoms with Gasteiger partial charge in [0.2, 0.25) is 5.88 Å². The van der Waals surface area contributed by atoms with Crippen LogP contribution in [0.4, 0.5) is 0 Å². The van der Waals surface area contributed by atoms with Crippen molar-refractivity contribution in [1.82, 2.24) is 15.2 Å². The van der Waals surface area contributed by atoms with E-state index in [4.69, 9.17) is 4.74 Å². The van der Waals surface area contributed by atoms with Crippen LogP contribution in [0.25, 0.3) is 0 Å². The summed E-state index contributed by atoms with van der Waals surface area (Å²) in [5.74, 6) is 0.421. The lowest BCUT2D eigenvalue weighted by Crippen LogP contribution is -2.36. The summed E-state index contributed by atoms with van der Waals surface area (Å²) in [6, 6.07) is 16.0. The van der Waals surface area contributed by atoms with E-state index in [9.17, 15) is 5.26 Å². The second kappa shape index (κ2) is 10.8. The van der Waals surface area contributed by atoms with E-state index in [2.05, 4.69) is 33.4 Å². The molecule has 1 aliphatic rings. The summed E-state index contributed by atoms with van der Waals surface area (Å²) < 4.78 is 6.22. The Hall–Kier alpha value is -2.42. The Kier molecular flexibility index (Phi) is 7.83. The molecule has 0 spiro atoms. The molecule has 1 aromatic heterocycles. The standard InChI is InChI=1S/C23H30N4O/c1-19-10-11-21(18-24)23(26-19)28-22(20-8-4-2-5-9-20)12-13-25-14-17-27-15-6-3-7-16-27/h2,4-5,8-11,22,25H,3,6-7,12-17H2,1H3/t22-/m1/s1. The molecule has 1 N–H and O–H groups in total. The molecule has 5 nitrogen and oxygen atoms in total. The molecule has 1 aromatic carbocycles. The van der Waals surface area contributed by atoms with Gasteiger partial charge >= 0.3 is 0 Å². The van der Waals surface area contributed by atoms with Gasteiger partial charge in [0.15, 0.2) is 0 Å². The number of rotatable bonds is 9. The summed E-state index contributed by atoms with van der Waals surface area (Å²) in [7, 11) is 0. The molecule has 1 atom stereocenters. The highest BCUT2D eigenvalue weighted by Gasteiger charge is 2.17. The number of aromatic nitrogens is 1. The Bertz CT molecular complexity index is 766. The quantitative estimate of drug-likeness (QED) is 0.672.